The van der Waals surface area contributed by atoms with Crippen LogP contribution in [0.5, 0.6) is 0 Å². The number of halogens is 2. The first-order chi connectivity index (χ1) is 12.4. The standard InChI is InChI=1S/C19H19F2N3O2/c1-11-8-23(19(26)22-11)9-14(25)10-24-17-4-2-12(20)6-15(17)16-7-13(21)3-5-18(16)24/h2-7,11,14,25H,8-10H2,1H3,(H,22,26)/t11-,14+/m1/s1. The molecule has 0 saturated carbocycles. The number of hydrogen-bond donors (Lipinski definition) is 2. The summed E-state index contributed by atoms with van der Waals surface area (Å²) in [6.07, 6.45) is -0.806. The fourth-order valence-electron chi connectivity index (χ4n) is 3.69. The highest BCUT2D eigenvalue weighted by Gasteiger charge is 2.27. The van der Waals surface area contributed by atoms with Gasteiger partial charge in [0.05, 0.1) is 19.2 Å². The van der Waals surface area contributed by atoms with E-state index in [2.05, 4.69) is 5.32 Å². The van der Waals surface area contributed by atoms with Crippen LogP contribution in [0.1, 0.15) is 6.92 Å². The van der Waals surface area contributed by atoms with E-state index >= 15 is 0 Å². The summed E-state index contributed by atoms with van der Waals surface area (Å²) in [5.74, 6) is -0.798. The zero-order valence-corrected chi connectivity index (χ0v) is 14.2. The predicted octanol–water partition coefficient (Wildman–Crippen LogP) is 2.85. The Balaban J connectivity index is 1.70. The molecular formula is C19H19F2N3O2. The van der Waals surface area contributed by atoms with Gasteiger partial charge < -0.3 is 19.9 Å². The van der Waals surface area contributed by atoms with E-state index in [1.165, 1.54) is 24.3 Å². The van der Waals surface area contributed by atoms with Gasteiger partial charge >= 0.3 is 6.03 Å². The van der Waals surface area contributed by atoms with Gasteiger partial charge in [-0.15, -0.1) is 0 Å². The number of β-amino-alcohol motifs (C(OH)–C–C–N with tert-alkyl or cyclic N) is 1. The molecule has 0 bridgehead atoms. The van der Waals surface area contributed by atoms with Gasteiger partial charge in [-0.25, -0.2) is 13.6 Å². The highest BCUT2D eigenvalue weighted by Crippen LogP contribution is 2.30. The SMILES string of the molecule is C[C@@H]1CN(C[C@H](O)Cn2c3ccc(F)cc3c3cc(F)ccc32)C(=O)N1. The van der Waals surface area contributed by atoms with Gasteiger partial charge in [-0.3, -0.25) is 0 Å². The molecule has 2 heterocycles. The van der Waals surface area contributed by atoms with Gasteiger partial charge in [0.25, 0.3) is 0 Å². The molecule has 1 aromatic heterocycles. The number of aliphatic hydroxyl groups is 1. The first-order valence-corrected chi connectivity index (χ1v) is 8.53. The van der Waals surface area contributed by atoms with Crippen molar-refractivity contribution in [3.05, 3.63) is 48.0 Å². The van der Waals surface area contributed by atoms with Crippen molar-refractivity contribution in [2.45, 2.75) is 25.6 Å². The molecule has 5 nitrogen and oxygen atoms in total. The Bertz CT molecular complexity index is 942. The molecule has 2 aromatic carbocycles. The number of carbonyl (C=O) groups excluding carboxylic acids is 1. The summed E-state index contributed by atoms with van der Waals surface area (Å²) in [5.41, 5.74) is 1.43. The van der Waals surface area contributed by atoms with Crippen LogP contribution in [0.15, 0.2) is 36.4 Å². The number of hydrogen-bond acceptors (Lipinski definition) is 2. The summed E-state index contributed by atoms with van der Waals surface area (Å²) in [5, 5.41) is 14.5. The molecule has 7 heteroatoms. The number of aromatic nitrogens is 1. The van der Waals surface area contributed by atoms with Crippen molar-refractivity contribution < 1.29 is 18.7 Å². The molecule has 0 spiro atoms. The number of urea groups is 1. The minimum Gasteiger partial charge on any atom is -0.389 e. The van der Waals surface area contributed by atoms with Gasteiger partial charge in [0, 0.05) is 34.4 Å². The lowest BCUT2D eigenvalue weighted by Crippen LogP contribution is -2.37. The smallest absolute Gasteiger partial charge is 0.317 e. The monoisotopic (exact) mass is 359 g/mol. The molecule has 26 heavy (non-hydrogen) atoms. The Morgan fingerprint density at radius 1 is 1.12 bits per heavy atom. The average Bonchev–Trinajstić information content (AvgIpc) is 3.04. The third-order valence-electron chi connectivity index (χ3n) is 4.76. The van der Waals surface area contributed by atoms with E-state index in [1.54, 1.807) is 17.0 Å². The fraction of sp³-hybridized carbons (Fsp3) is 0.316. The topological polar surface area (TPSA) is 57.5 Å². The van der Waals surface area contributed by atoms with Crippen molar-refractivity contribution in [2.24, 2.45) is 0 Å². The molecule has 136 valence electrons. The summed E-state index contributed by atoms with van der Waals surface area (Å²) < 4.78 is 29.2. The van der Waals surface area contributed by atoms with E-state index in [9.17, 15) is 18.7 Å². The fourth-order valence-corrected chi connectivity index (χ4v) is 3.69. The van der Waals surface area contributed by atoms with Crippen molar-refractivity contribution in [3.63, 3.8) is 0 Å². The lowest BCUT2D eigenvalue weighted by atomic mass is 10.1. The third kappa shape index (κ3) is 2.88. The van der Waals surface area contributed by atoms with Crippen LogP contribution in [0.2, 0.25) is 0 Å². The average molecular weight is 359 g/mol. The Kier molecular flexibility index (Phi) is 4.03. The van der Waals surface area contributed by atoms with Crippen molar-refractivity contribution >= 4 is 27.8 Å². The second-order valence-corrected chi connectivity index (χ2v) is 6.84. The number of rotatable bonds is 4. The Morgan fingerprint density at radius 2 is 1.69 bits per heavy atom. The Hall–Kier alpha value is -2.67. The predicted molar refractivity (Wildman–Crippen MR) is 94.9 cm³/mol. The number of fused-ring (bicyclic) bond motifs is 3. The molecule has 1 aliphatic rings. The molecular weight excluding hydrogens is 340 g/mol. The van der Waals surface area contributed by atoms with E-state index in [4.69, 9.17) is 0 Å². The maximum Gasteiger partial charge on any atom is 0.317 e. The lowest BCUT2D eigenvalue weighted by molar-refractivity contribution is 0.117. The summed E-state index contributed by atoms with van der Waals surface area (Å²) >= 11 is 0. The summed E-state index contributed by atoms with van der Waals surface area (Å²) in [6.45, 7) is 2.86. The van der Waals surface area contributed by atoms with E-state index in [1.807, 2.05) is 11.5 Å². The van der Waals surface area contributed by atoms with Crippen molar-refractivity contribution in [2.75, 3.05) is 13.1 Å². The lowest BCUT2D eigenvalue weighted by Gasteiger charge is -2.20. The molecule has 4 rings (SSSR count). The van der Waals surface area contributed by atoms with Crippen LogP contribution >= 0.6 is 0 Å². The quantitative estimate of drug-likeness (QED) is 0.753. The maximum absolute atomic E-state index is 13.7. The number of aliphatic hydroxyl groups excluding tert-OH is 1. The van der Waals surface area contributed by atoms with Crippen LogP contribution < -0.4 is 5.32 Å². The zero-order valence-electron chi connectivity index (χ0n) is 14.2. The number of amides is 2. The second kappa shape index (κ2) is 6.25. The van der Waals surface area contributed by atoms with Gasteiger partial charge in [-0.2, -0.15) is 0 Å². The molecule has 0 unspecified atom stereocenters. The second-order valence-electron chi connectivity index (χ2n) is 6.84. The highest BCUT2D eigenvalue weighted by atomic mass is 19.1. The molecule has 2 amide bonds. The molecule has 1 fully saturated rings. The molecule has 0 radical (unpaired) electrons. The molecule has 2 atom stereocenters. The number of nitrogens with one attached hydrogen (secondary N) is 1. The van der Waals surface area contributed by atoms with Gasteiger partial charge in [0.1, 0.15) is 11.6 Å². The normalized spacial score (nSPS) is 18.7. The minimum atomic E-state index is -0.806. The number of benzene rings is 2. The van der Waals surface area contributed by atoms with E-state index < -0.39 is 17.7 Å². The Labute approximate surface area is 148 Å². The van der Waals surface area contributed by atoms with Gasteiger partial charge in [0.15, 0.2) is 0 Å². The van der Waals surface area contributed by atoms with Crippen LogP contribution in [-0.2, 0) is 6.54 Å². The zero-order chi connectivity index (χ0) is 18.4. The molecule has 1 saturated heterocycles. The summed E-state index contributed by atoms with van der Waals surface area (Å²) in [6, 6.07) is 8.54. The van der Waals surface area contributed by atoms with Crippen molar-refractivity contribution in [3.8, 4) is 0 Å². The Morgan fingerprint density at radius 3 is 2.19 bits per heavy atom. The van der Waals surface area contributed by atoms with Crippen LogP contribution in [0, 0.1) is 11.6 Å². The third-order valence-corrected chi connectivity index (χ3v) is 4.76. The summed E-state index contributed by atoms with van der Waals surface area (Å²) in [7, 11) is 0. The number of carbonyl (C=O) groups is 1. The first-order valence-electron chi connectivity index (χ1n) is 8.53. The van der Waals surface area contributed by atoms with Gasteiger partial charge in [0.2, 0.25) is 0 Å². The van der Waals surface area contributed by atoms with Crippen LogP contribution in [0.25, 0.3) is 21.8 Å². The molecule has 3 aromatic rings. The van der Waals surface area contributed by atoms with Crippen molar-refractivity contribution in [1.82, 2.24) is 14.8 Å². The molecule has 2 N–H and O–H groups in total. The van der Waals surface area contributed by atoms with Gasteiger partial charge in [-0.1, -0.05) is 0 Å². The number of nitrogens with zero attached hydrogens (tertiary/aromatic N) is 2. The summed E-state index contributed by atoms with van der Waals surface area (Å²) in [4.78, 5) is 13.4. The maximum atomic E-state index is 13.7. The van der Waals surface area contributed by atoms with Crippen LogP contribution in [0.4, 0.5) is 13.6 Å². The minimum absolute atomic E-state index is 0.0499. The van der Waals surface area contributed by atoms with E-state index in [-0.39, 0.29) is 25.2 Å². The largest absolute Gasteiger partial charge is 0.389 e. The van der Waals surface area contributed by atoms with Gasteiger partial charge in [-0.05, 0) is 43.3 Å². The molecule has 0 aliphatic carbocycles. The van der Waals surface area contributed by atoms with E-state index in [0.717, 1.165) is 0 Å². The van der Waals surface area contributed by atoms with Crippen molar-refractivity contribution in [1.29, 1.82) is 0 Å². The van der Waals surface area contributed by atoms with Crippen LogP contribution in [0.3, 0.4) is 0 Å². The first kappa shape index (κ1) is 16.8. The molecule has 1 aliphatic heterocycles. The highest BCUT2D eigenvalue weighted by molar-refractivity contribution is 6.08. The van der Waals surface area contributed by atoms with E-state index in [0.29, 0.717) is 28.4 Å². The van der Waals surface area contributed by atoms with Crippen LogP contribution in [-0.4, -0.2) is 45.8 Å².